The molecule has 2 aromatic rings. The summed E-state index contributed by atoms with van der Waals surface area (Å²) in [7, 11) is 0. The maximum Gasteiger partial charge on any atom is 0.126 e. The molecule has 3 fully saturated rings. The second-order valence-corrected chi connectivity index (χ2v) is 11.1. The van der Waals surface area contributed by atoms with Crippen molar-refractivity contribution in [3.8, 4) is 11.3 Å². The molecule has 0 bridgehead atoms. The van der Waals surface area contributed by atoms with Crippen LogP contribution in [-0.2, 0) is 9.47 Å². The topological polar surface area (TPSA) is 80.3 Å². The molecule has 3 aliphatic rings. The highest BCUT2D eigenvalue weighted by Crippen LogP contribution is 2.34. The standard InChI is InChI=1S/C27H37Cl2N5O2/c28-23-7-8-25(31-15-18-9-12-35-13-10-18)34-27(23)22-14-26(32-17-24(22)29)33-20-5-3-19(4-6-20)30-16-21-2-1-11-36-21/h7-8,14,17-21,30H,1-6,9-13,15-16H2,(H,31,34)(H,32,33)/t19-,20-,21?. The van der Waals surface area contributed by atoms with E-state index < -0.39 is 0 Å². The van der Waals surface area contributed by atoms with Crippen molar-refractivity contribution < 1.29 is 9.47 Å². The van der Waals surface area contributed by atoms with Gasteiger partial charge in [-0.15, -0.1) is 0 Å². The molecule has 1 atom stereocenters. The van der Waals surface area contributed by atoms with Gasteiger partial charge in [-0.1, -0.05) is 23.2 Å². The fraction of sp³-hybridized carbons (Fsp3) is 0.630. The van der Waals surface area contributed by atoms with E-state index in [0.29, 0.717) is 39.8 Å². The summed E-state index contributed by atoms with van der Waals surface area (Å²) >= 11 is 13.1. The third-order valence-corrected chi connectivity index (χ3v) is 8.21. The van der Waals surface area contributed by atoms with Gasteiger partial charge in [-0.05, 0) is 75.5 Å². The summed E-state index contributed by atoms with van der Waals surface area (Å²) in [5.41, 5.74) is 1.46. The van der Waals surface area contributed by atoms with E-state index in [1.165, 1.54) is 12.8 Å². The van der Waals surface area contributed by atoms with Crippen molar-refractivity contribution in [1.29, 1.82) is 0 Å². The van der Waals surface area contributed by atoms with Gasteiger partial charge in [-0.3, -0.25) is 0 Å². The number of nitrogens with one attached hydrogen (secondary N) is 3. The normalized spacial score (nSPS) is 25.1. The smallest absolute Gasteiger partial charge is 0.126 e. The van der Waals surface area contributed by atoms with Crippen molar-refractivity contribution in [2.75, 3.05) is 43.5 Å². The zero-order chi connectivity index (χ0) is 24.7. The Balaban J connectivity index is 1.18. The molecule has 1 aliphatic carbocycles. The Morgan fingerprint density at radius 1 is 0.861 bits per heavy atom. The van der Waals surface area contributed by atoms with E-state index >= 15 is 0 Å². The average molecular weight is 535 g/mol. The van der Waals surface area contributed by atoms with Crippen LogP contribution in [0.2, 0.25) is 10.0 Å². The molecule has 9 heteroatoms. The third kappa shape index (κ3) is 7.01. The Morgan fingerprint density at radius 3 is 2.44 bits per heavy atom. The van der Waals surface area contributed by atoms with Crippen LogP contribution < -0.4 is 16.0 Å². The maximum atomic E-state index is 6.57. The van der Waals surface area contributed by atoms with Crippen LogP contribution >= 0.6 is 23.2 Å². The predicted octanol–water partition coefficient (Wildman–Crippen LogP) is 5.78. The minimum absolute atomic E-state index is 0.392. The Hall–Kier alpha value is -1.64. The van der Waals surface area contributed by atoms with E-state index in [1.807, 2.05) is 18.2 Å². The fourth-order valence-electron chi connectivity index (χ4n) is 5.38. The molecule has 3 N–H and O–H groups in total. The largest absolute Gasteiger partial charge is 0.381 e. The van der Waals surface area contributed by atoms with Crippen LogP contribution in [0.1, 0.15) is 51.4 Å². The van der Waals surface area contributed by atoms with Crippen LogP contribution in [0.4, 0.5) is 11.6 Å². The Bertz CT molecular complexity index is 990. The summed E-state index contributed by atoms with van der Waals surface area (Å²) in [5.74, 6) is 2.21. The van der Waals surface area contributed by atoms with Crippen molar-refractivity contribution >= 4 is 34.8 Å². The highest BCUT2D eigenvalue weighted by Gasteiger charge is 2.24. The lowest BCUT2D eigenvalue weighted by Crippen LogP contribution is -2.40. The quantitative estimate of drug-likeness (QED) is 0.376. The van der Waals surface area contributed by atoms with Crippen molar-refractivity contribution in [1.82, 2.24) is 15.3 Å². The van der Waals surface area contributed by atoms with Crippen molar-refractivity contribution in [3.05, 3.63) is 34.4 Å². The highest BCUT2D eigenvalue weighted by atomic mass is 35.5. The molecule has 5 rings (SSSR count). The zero-order valence-electron chi connectivity index (χ0n) is 20.8. The van der Waals surface area contributed by atoms with Crippen molar-refractivity contribution in [2.45, 2.75) is 69.6 Å². The fourth-order valence-corrected chi connectivity index (χ4v) is 5.78. The van der Waals surface area contributed by atoms with Gasteiger partial charge in [0.05, 0.1) is 21.8 Å². The summed E-state index contributed by atoms with van der Waals surface area (Å²) < 4.78 is 11.2. The number of hydrogen-bond acceptors (Lipinski definition) is 7. The van der Waals surface area contributed by atoms with Crippen LogP contribution in [0.3, 0.4) is 0 Å². The van der Waals surface area contributed by atoms with E-state index in [0.717, 1.165) is 88.6 Å². The number of aromatic nitrogens is 2. The first kappa shape index (κ1) is 26.0. The molecular weight excluding hydrogens is 497 g/mol. The van der Waals surface area contributed by atoms with Gasteiger partial charge < -0.3 is 25.4 Å². The van der Waals surface area contributed by atoms with Crippen molar-refractivity contribution in [3.63, 3.8) is 0 Å². The molecule has 0 amide bonds. The Kier molecular flexibility index (Phi) is 9.20. The summed E-state index contributed by atoms with van der Waals surface area (Å²) in [6.07, 6.45) is 11.1. The number of anilines is 2. The van der Waals surface area contributed by atoms with E-state index in [2.05, 4.69) is 20.9 Å². The molecule has 2 aromatic heterocycles. The molecule has 2 aliphatic heterocycles. The molecule has 196 valence electrons. The minimum Gasteiger partial charge on any atom is -0.381 e. The van der Waals surface area contributed by atoms with Gasteiger partial charge in [0.15, 0.2) is 0 Å². The van der Waals surface area contributed by atoms with E-state index in [1.54, 1.807) is 6.20 Å². The van der Waals surface area contributed by atoms with Crippen LogP contribution in [0.5, 0.6) is 0 Å². The number of nitrogens with zero attached hydrogens (tertiary/aromatic N) is 2. The van der Waals surface area contributed by atoms with Crippen LogP contribution in [0, 0.1) is 5.92 Å². The second-order valence-electron chi connectivity index (χ2n) is 10.2. The molecule has 1 unspecified atom stereocenters. The van der Waals surface area contributed by atoms with Crippen LogP contribution in [0.25, 0.3) is 11.3 Å². The van der Waals surface area contributed by atoms with Gasteiger partial charge in [-0.2, -0.15) is 0 Å². The molecule has 4 heterocycles. The maximum absolute atomic E-state index is 6.57. The zero-order valence-corrected chi connectivity index (χ0v) is 22.3. The predicted molar refractivity (Wildman–Crippen MR) is 146 cm³/mol. The Labute approximate surface area is 224 Å². The minimum atomic E-state index is 0.392. The van der Waals surface area contributed by atoms with E-state index in [4.69, 9.17) is 37.7 Å². The summed E-state index contributed by atoms with van der Waals surface area (Å²) in [4.78, 5) is 9.35. The van der Waals surface area contributed by atoms with Gasteiger partial charge in [0, 0.05) is 56.8 Å². The molecule has 36 heavy (non-hydrogen) atoms. The molecule has 2 saturated heterocycles. The first-order valence-electron chi connectivity index (χ1n) is 13.4. The number of ether oxygens (including phenoxy) is 2. The van der Waals surface area contributed by atoms with Crippen LogP contribution in [-0.4, -0.2) is 61.1 Å². The second kappa shape index (κ2) is 12.7. The average Bonchev–Trinajstić information content (AvgIpc) is 3.43. The summed E-state index contributed by atoms with van der Waals surface area (Å²) in [6, 6.07) is 6.74. The van der Waals surface area contributed by atoms with Crippen LogP contribution in [0.15, 0.2) is 24.4 Å². The number of pyridine rings is 2. The lowest BCUT2D eigenvalue weighted by atomic mass is 9.91. The SMILES string of the molecule is Clc1cnc(N[C@H]2CC[C@H](NCC3CCCO3)CC2)cc1-c1nc(NCC2CCOCC2)ccc1Cl. The molecule has 0 spiro atoms. The van der Waals surface area contributed by atoms with Crippen molar-refractivity contribution in [2.24, 2.45) is 5.92 Å². The van der Waals surface area contributed by atoms with E-state index in [-0.39, 0.29) is 0 Å². The summed E-state index contributed by atoms with van der Waals surface area (Å²) in [6.45, 7) is 4.43. The number of hydrogen-bond donors (Lipinski definition) is 3. The number of halogens is 2. The summed E-state index contributed by atoms with van der Waals surface area (Å²) in [5, 5.41) is 11.9. The monoisotopic (exact) mass is 533 g/mol. The van der Waals surface area contributed by atoms with Gasteiger partial charge in [0.2, 0.25) is 0 Å². The molecule has 1 saturated carbocycles. The van der Waals surface area contributed by atoms with Gasteiger partial charge in [0.25, 0.3) is 0 Å². The lowest BCUT2D eigenvalue weighted by Gasteiger charge is -2.30. The number of rotatable bonds is 9. The van der Waals surface area contributed by atoms with Gasteiger partial charge in [0.1, 0.15) is 11.6 Å². The molecule has 0 radical (unpaired) electrons. The third-order valence-electron chi connectivity index (χ3n) is 7.61. The molecular formula is C27H37Cl2N5O2. The first-order valence-corrected chi connectivity index (χ1v) is 14.2. The molecule has 0 aromatic carbocycles. The molecule has 7 nitrogen and oxygen atoms in total. The van der Waals surface area contributed by atoms with Gasteiger partial charge in [-0.25, -0.2) is 9.97 Å². The lowest BCUT2D eigenvalue weighted by molar-refractivity contribution is 0.0699. The Morgan fingerprint density at radius 2 is 1.67 bits per heavy atom. The first-order chi connectivity index (χ1) is 17.6. The highest BCUT2D eigenvalue weighted by molar-refractivity contribution is 6.36. The van der Waals surface area contributed by atoms with Gasteiger partial charge >= 0.3 is 0 Å². The van der Waals surface area contributed by atoms with E-state index in [9.17, 15) is 0 Å².